The quantitative estimate of drug-likeness (QED) is 0.743. The van der Waals surface area contributed by atoms with Crippen LogP contribution in [0.4, 0.5) is 0 Å². The molecule has 0 amide bonds. The molecule has 0 aliphatic heterocycles. The first-order valence-electron chi connectivity index (χ1n) is 5.48. The summed E-state index contributed by atoms with van der Waals surface area (Å²) < 4.78 is 5.28. The molecule has 0 bridgehead atoms. The highest BCUT2D eigenvalue weighted by Crippen LogP contribution is 2.25. The van der Waals surface area contributed by atoms with Gasteiger partial charge in [0.1, 0.15) is 5.75 Å². The second-order valence-corrected chi connectivity index (χ2v) is 3.53. The summed E-state index contributed by atoms with van der Waals surface area (Å²) in [7, 11) is 1.65. The van der Waals surface area contributed by atoms with Crippen molar-refractivity contribution in [2.45, 2.75) is 25.8 Å². The zero-order chi connectivity index (χ0) is 11.8. The first-order valence-corrected chi connectivity index (χ1v) is 5.48. The van der Waals surface area contributed by atoms with Crippen LogP contribution in [0.25, 0.3) is 0 Å². The Hall–Kier alpha value is -1.53. The zero-order valence-corrected chi connectivity index (χ0v) is 9.86. The molecule has 1 rings (SSSR count). The van der Waals surface area contributed by atoms with Crippen molar-refractivity contribution in [1.29, 1.82) is 0 Å². The third-order valence-electron chi connectivity index (χ3n) is 2.37. The molecule has 1 atom stereocenters. The first kappa shape index (κ1) is 12.5. The van der Waals surface area contributed by atoms with Gasteiger partial charge in [0, 0.05) is 24.2 Å². The van der Waals surface area contributed by atoms with Gasteiger partial charge in [-0.2, -0.15) is 0 Å². The van der Waals surface area contributed by atoms with Gasteiger partial charge < -0.3 is 10.1 Å². The average molecular weight is 218 g/mol. The number of hydrogen-bond acceptors (Lipinski definition) is 3. The topological polar surface area (TPSA) is 34.2 Å². The number of hydrogen-bond donors (Lipinski definition) is 1. The Labute approximate surface area is 97.2 Å². The van der Waals surface area contributed by atoms with Crippen LogP contribution >= 0.6 is 0 Å². The van der Waals surface area contributed by atoms with E-state index in [4.69, 9.17) is 11.2 Å². The zero-order valence-electron chi connectivity index (χ0n) is 9.86. The van der Waals surface area contributed by atoms with Gasteiger partial charge in [-0.3, -0.25) is 4.98 Å². The minimum Gasteiger partial charge on any atom is -0.495 e. The molecular weight excluding hydrogens is 200 g/mol. The van der Waals surface area contributed by atoms with Crippen LogP contribution in [0.15, 0.2) is 18.5 Å². The van der Waals surface area contributed by atoms with Gasteiger partial charge in [0.15, 0.2) is 0 Å². The van der Waals surface area contributed by atoms with Crippen LogP contribution in [-0.4, -0.2) is 18.6 Å². The van der Waals surface area contributed by atoms with Gasteiger partial charge in [-0.1, -0.05) is 6.92 Å². The number of nitrogens with zero attached hydrogens (tertiary/aromatic N) is 1. The highest BCUT2D eigenvalue weighted by atomic mass is 16.5. The van der Waals surface area contributed by atoms with E-state index in [0.29, 0.717) is 6.42 Å². The van der Waals surface area contributed by atoms with E-state index in [-0.39, 0.29) is 6.04 Å². The molecule has 0 fully saturated rings. The van der Waals surface area contributed by atoms with Crippen LogP contribution < -0.4 is 10.1 Å². The second kappa shape index (κ2) is 6.86. The normalized spacial score (nSPS) is 11.8. The Kier molecular flexibility index (Phi) is 5.38. The molecule has 0 spiro atoms. The Balaban J connectivity index is 2.87. The van der Waals surface area contributed by atoms with Gasteiger partial charge in [0.2, 0.25) is 0 Å². The minimum absolute atomic E-state index is 0.142. The lowest BCUT2D eigenvalue weighted by atomic mass is 10.0. The predicted octanol–water partition coefficient (Wildman–Crippen LogP) is 2.15. The highest BCUT2D eigenvalue weighted by molar-refractivity contribution is 5.33. The average Bonchev–Trinajstić information content (AvgIpc) is 2.34. The number of ether oxygens (including phenoxy) is 1. The molecule has 0 radical (unpaired) electrons. The molecule has 0 aliphatic rings. The van der Waals surface area contributed by atoms with Crippen LogP contribution in [0.2, 0.25) is 0 Å². The molecule has 16 heavy (non-hydrogen) atoms. The molecule has 1 unspecified atom stereocenters. The van der Waals surface area contributed by atoms with E-state index in [1.807, 2.05) is 6.07 Å². The number of rotatable bonds is 6. The number of methoxy groups -OCH3 is 1. The smallest absolute Gasteiger partial charge is 0.141 e. The van der Waals surface area contributed by atoms with E-state index < -0.39 is 0 Å². The van der Waals surface area contributed by atoms with Crippen molar-refractivity contribution >= 4 is 0 Å². The van der Waals surface area contributed by atoms with Crippen LogP contribution in [0.5, 0.6) is 5.75 Å². The fraction of sp³-hybridized carbons (Fsp3) is 0.462. The van der Waals surface area contributed by atoms with Gasteiger partial charge in [0.25, 0.3) is 0 Å². The summed E-state index contributed by atoms with van der Waals surface area (Å²) in [5, 5.41) is 3.41. The van der Waals surface area contributed by atoms with Gasteiger partial charge in [0.05, 0.1) is 13.3 Å². The third kappa shape index (κ3) is 3.25. The molecule has 0 saturated carbocycles. The molecule has 1 aromatic rings. The van der Waals surface area contributed by atoms with Crippen LogP contribution in [0.1, 0.15) is 31.4 Å². The molecule has 1 N–H and O–H groups in total. The molecule has 0 aliphatic carbocycles. The summed E-state index contributed by atoms with van der Waals surface area (Å²) >= 11 is 0. The lowest BCUT2D eigenvalue weighted by Crippen LogP contribution is -2.22. The predicted molar refractivity (Wildman–Crippen MR) is 65.3 cm³/mol. The molecule has 86 valence electrons. The van der Waals surface area contributed by atoms with Crippen molar-refractivity contribution < 1.29 is 4.74 Å². The SMILES string of the molecule is C#CCC(NCCC)c1ccncc1OC. The lowest BCUT2D eigenvalue weighted by Gasteiger charge is -2.18. The summed E-state index contributed by atoms with van der Waals surface area (Å²) in [6.45, 7) is 3.07. The standard InChI is InChI=1S/C13H18N2O/c1-4-6-12(15-8-5-2)11-7-9-14-10-13(11)16-3/h1,7,9-10,12,15H,5-6,8H2,2-3H3. The summed E-state index contributed by atoms with van der Waals surface area (Å²) in [6.07, 6.45) is 10.6. The van der Waals surface area contributed by atoms with Crippen LogP contribution in [-0.2, 0) is 0 Å². The molecule has 3 heteroatoms. The van der Waals surface area contributed by atoms with E-state index in [2.05, 4.69) is 23.1 Å². The maximum atomic E-state index is 5.38. The van der Waals surface area contributed by atoms with Crippen molar-refractivity contribution in [1.82, 2.24) is 10.3 Å². The Morgan fingerprint density at radius 2 is 2.44 bits per heavy atom. The highest BCUT2D eigenvalue weighted by Gasteiger charge is 2.13. The number of terminal acetylenes is 1. The van der Waals surface area contributed by atoms with Crippen LogP contribution in [0, 0.1) is 12.3 Å². The summed E-state index contributed by atoms with van der Waals surface area (Å²) in [5.41, 5.74) is 1.07. The summed E-state index contributed by atoms with van der Waals surface area (Å²) in [6, 6.07) is 2.09. The van der Waals surface area contributed by atoms with Gasteiger partial charge in [-0.25, -0.2) is 0 Å². The summed E-state index contributed by atoms with van der Waals surface area (Å²) in [5.74, 6) is 3.47. The van der Waals surface area contributed by atoms with Gasteiger partial charge >= 0.3 is 0 Å². The largest absolute Gasteiger partial charge is 0.495 e. The molecule has 1 aromatic heterocycles. The van der Waals surface area contributed by atoms with Crippen molar-refractivity contribution in [3.8, 4) is 18.1 Å². The van der Waals surface area contributed by atoms with Crippen LogP contribution in [0.3, 0.4) is 0 Å². The van der Waals surface area contributed by atoms with E-state index >= 15 is 0 Å². The third-order valence-corrected chi connectivity index (χ3v) is 2.37. The van der Waals surface area contributed by atoms with Crippen molar-refractivity contribution in [2.75, 3.05) is 13.7 Å². The van der Waals surface area contributed by atoms with E-state index in [0.717, 1.165) is 24.3 Å². The molecule has 1 heterocycles. The van der Waals surface area contributed by atoms with E-state index in [1.54, 1.807) is 19.5 Å². The first-order chi connectivity index (χ1) is 7.83. The van der Waals surface area contributed by atoms with E-state index in [1.165, 1.54) is 0 Å². The van der Waals surface area contributed by atoms with Crippen molar-refractivity contribution in [2.24, 2.45) is 0 Å². The maximum absolute atomic E-state index is 5.38. The number of pyridine rings is 1. The molecule has 0 aromatic carbocycles. The van der Waals surface area contributed by atoms with Crippen molar-refractivity contribution in [3.63, 3.8) is 0 Å². The Morgan fingerprint density at radius 1 is 1.62 bits per heavy atom. The molecular formula is C13H18N2O. The van der Waals surface area contributed by atoms with Crippen molar-refractivity contribution in [3.05, 3.63) is 24.0 Å². The maximum Gasteiger partial charge on any atom is 0.141 e. The van der Waals surface area contributed by atoms with Gasteiger partial charge in [-0.15, -0.1) is 12.3 Å². The lowest BCUT2D eigenvalue weighted by molar-refractivity contribution is 0.397. The number of nitrogens with one attached hydrogen (secondary N) is 1. The van der Waals surface area contributed by atoms with E-state index in [9.17, 15) is 0 Å². The molecule has 3 nitrogen and oxygen atoms in total. The molecule has 0 saturated heterocycles. The fourth-order valence-electron chi connectivity index (χ4n) is 1.58. The summed E-state index contributed by atoms with van der Waals surface area (Å²) in [4.78, 5) is 4.03. The number of aromatic nitrogens is 1. The fourth-order valence-corrected chi connectivity index (χ4v) is 1.58. The minimum atomic E-state index is 0.142. The van der Waals surface area contributed by atoms with Gasteiger partial charge in [-0.05, 0) is 19.0 Å². The Morgan fingerprint density at radius 3 is 3.06 bits per heavy atom. The Bertz CT molecular complexity index is 357. The monoisotopic (exact) mass is 218 g/mol. The second-order valence-electron chi connectivity index (χ2n) is 3.53.